The first-order valence-corrected chi connectivity index (χ1v) is 5.61. The van der Waals surface area contributed by atoms with Crippen molar-refractivity contribution < 1.29 is 23.4 Å². The first kappa shape index (κ1) is 12.5. The van der Waals surface area contributed by atoms with E-state index in [1.54, 1.807) is 20.8 Å². The molecule has 2 fully saturated rings. The molecule has 0 aromatic rings. The molecule has 17 heavy (non-hydrogen) atoms. The van der Waals surface area contributed by atoms with Gasteiger partial charge in [0.15, 0.2) is 0 Å². The van der Waals surface area contributed by atoms with Gasteiger partial charge in [0.25, 0.3) is 5.92 Å². The third kappa shape index (κ3) is 1.99. The van der Waals surface area contributed by atoms with Crippen molar-refractivity contribution in [2.45, 2.75) is 44.8 Å². The molecule has 4 nitrogen and oxygen atoms in total. The van der Waals surface area contributed by atoms with Crippen LogP contribution in [0.3, 0.4) is 0 Å². The SMILES string of the molecule is CC(C)(C)OC(=O)N1CC(O)C2(C1)CC2(F)F. The van der Waals surface area contributed by atoms with Crippen molar-refractivity contribution in [3.63, 3.8) is 0 Å². The number of nitrogens with zero attached hydrogens (tertiary/aromatic N) is 1. The van der Waals surface area contributed by atoms with Gasteiger partial charge in [0.1, 0.15) is 5.60 Å². The Bertz CT molecular complexity index is 353. The fourth-order valence-electron chi connectivity index (χ4n) is 2.24. The van der Waals surface area contributed by atoms with E-state index in [9.17, 15) is 18.7 Å². The number of rotatable bonds is 0. The Morgan fingerprint density at radius 1 is 1.47 bits per heavy atom. The number of likely N-dealkylation sites (tertiary alicyclic amines) is 1. The van der Waals surface area contributed by atoms with E-state index in [4.69, 9.17) is 4.74 Å². The number of hydrogen-bond acceptors (Lipinski definition) is 3. The highest BCUT2D eigenvalue weighted by Gasteiger charge is 2.77. The molecule has 1 heterocycles. The molecule has 1 saturated heterocycles. The fourth-order valence-corrected chi connectivity index (χ4v) is 2.24. The Balaban J connectivity index is 2.01. The normalized spacial score (nSPS) is 35.2. The number of carbonyl (C=O) groups is 1. The minimum atomic E-state index is -2.86. The average molecular weight is 249 g/mol. The molecule has 6 heteroatoms. The second-order valence-electron chi connectivity index (χ2n) is 5.91. The van der Waals surface area contributed by atoms with Crippen molar-refractivity contribution in [2.75, 3.05) is 13.1 Å². The maximum absolute atomic E-state index is 13.2. The molecule has 1 N–H and O–H groups in total. The molecule has 0 radical (unpaired) electrons. The fraction of sp³-hybridized carbons (Fsp3) is 0.909. The topological polar surface area (TPSA) is 49.8 Å². The number of carbonyl (C=O) groups excluding carboxylic acids is 1. The van der Waals surface area contributed by atoms with E-state index in [1.807, 2.05) is 0 Å². The monoisotopic (exact) mass is 249 g/mol. The summed E-state index contributed by atoms with van der Waals surface area (Å²) in [5.41, 5.74) is -2.09. The molecule has 1 amide bonds. The summed E-state index contributed by atoms with van der Waals surface area (Å²) in [6, 6.07) is 0. The van der Waals surface area contributed by atoms with Gasteiger partial charge in [0, 0.05) is 13.0 Å². The van der Waals surface area contributed by atoms with Gasteiger partial charge >= 0.3 is 6.09 Å². The van der Waals surface area contributed by atoms with Crippen LogP contribution in [0.2, 0.25) is 0 Å². The molecule has 0 aromatic carbocycles. The number of hydrogen-bond donors (Lipinski definition) is 1. The Morgan fingerprint density at radius 3 is 2.35 bits per heavy atom. The molecule has 2 unspecified atom stereocenters. The summed E-state index contributed by atoms with van der Waals surface area (Å²) in [5.74, 6) is -2.86. The van der Waals surface area contributed by atoms with E-state index in [0.717, 1.165) is 4.90 Å². The number of halogens is 2. The number of ether oxygens (including phenoxy) is 1. The summed E-state index contributed by atoms with van der Waals surface area (Å²) in [6.07, 6.45) is -2.15. The van der Waals surface area contributed by atoms with Gasteiger partial charge in [-0.2, -0.15) is 0 Å². The summed E-state index contributed by atoms with van der Waals surface area (Å²) >= 11 is 0. The van der Waals surface area contributed by atoms with E-state index in [1.165, 1.54) is 0 Å². The molecule has 98 valence electrons. The largest absolute Gasteiger partial charge is 0.444 e. The summed E-state index contributed by atoms with van der Waals surface area (Å²) in [7, 11) is 0. The zero-order valence-corrected chi connectivity index (χ0v) is 10.2. The summed E-state index contributed by atoms with van der Waals surface area (Å²) in [4.78, 5) is 12.8. The number of aliphatic hydroxyl groups is 1. The molecule has 1 saturated carbocycles. The Kier molecular flexibility index (Phi) is 2.44. The third-order valence-corrected chi connectivity index (χ3v) is 3.30. The van der Waals surface area contributed by atoms with Crippen LogP contribution < -0.4 is 0 Å². The highest BCUT2D eigenvalue weighted by Crippen LogP contribution is 2.65. The number of aliphatic hydroxyl groups excluding tert-OH is 1. The second-order valence-corrected chi connectivity index (χ2v) is 5.91. The van der Waals surface area contributed by atoms with Gasteiger partial charge < -0.3 is 14.7 Å². The van der Waals surface area contributed by atoms with Crippen LogP contribution >= 0.6 is 0 Å². The van der Waals surface area contributed by atoms with Crippen LogP contribution in [0, 0.1) is 5.41 Å². The lowest BCUT2D eigenvalue weighted by Crippen LogP contribution is -2.36. The number of amides is 1. The lowest BCUT2D eigenvalue weighted by atomic mass is 10.0. The Hall–Kier alpha value is -0.910. The maximum Gasteiger partial charge on any atom is 0.410 e. The predicted octanol–water partition coefficient (Wildman–Crippen LogP) is 1.62. The van der Waals surface area contributed by atoms with E-state index >= 15 is 0 Å². The van der Waals surface area contributed by atoms with Gasteiger partial charge in [-0.1, -0.05) is 0 Å². The van der Waals surface area contributed by atoms with Crippen molar-refractivity contribution in [1.29, 1.82) is 0 Å². The van der Waals surface area contributed by atoms with Crippen LogP contribution in [0.25, 0.3) is 0 Å². The Morgan fingerprint density at radius 2 is 2.00 bits per heavy atom. The van der Waals surface area contributed by atoms with E-state index in [0.29, 0.717) is 0 Å². The van der Waals surface area contributed by atoms with Gasteiger partial charge in [0.05, 0.1) is 18.1 Å². The molecular formula is C11H17F2NO3. The molecule has 2 aliphatic rings. The minimum Gasteiger partial charge on any atom is -0.444 e. The zero-order valence-electron chi connectivity index (χ0n) is 10.2. The van der Waals surface area contributed by atoms with Crippen LogP contribution in [-0.4, -0.2) is 46.8 Å². The summed E-state index contributed by atoms with van der Waals surface area (Å²) < 4.78 is 31.4. The maximum atomic E-state index is 13.2. The molecule has 1 aliphatic heterocycles. The van der Waals surface area contributed by atoms with Crippen molar-refractivity contribution in [3.05, 3.63) is 0 Å². The standard InChI is InChI=1S/C11H17F2NO3/c1-9(2,3)17-8(16)14-4-7(15)10(6-14)5-11(10,12)13/h7,15H,4-6H2,1-3H3. The van der Waals surface area contributed by atoms with Crippen molar-refractivity contribution >= 4 is 6.09 Å². The van der Waals surface area contributed by atoms with Crippen molar-refractivity contribution in [1.82, 2.24) is 4.90 Å². The number of alkyl halides is 2. The van der Waals surface area contributed by atoms with Gasteiger partial charge in [-0.3, -0.25) is 0 Å². The quantitative estimate of drug-likeness (QED) is 0.709. The lowest BCUT2D eigenvalue weighted by molar-refractivity contribution is 0.0176. The lowest BCUT2D eigenvalue weighted by Gasteiger charge is -2.24. The second kappa shape index (κ2) is 3.31. The first-order valence-electron chi connectivity index (χ1n) is 5.61. The molecule has 1 spiro atoms. The van der Waals surface area contributed by atoms with Crippen molar-refractivity contribution in [2.24, 2.45) is 5.41 Å². The van der Waals surface area contributed by atoms with E-state index in [-0.39, 0.29) is 19.5 Å². The predicted molar refractivity (Wildman–Crippen MR) is 55.8 cm³/mol. The highest BCUT2D eigenvalue weighted by molar-refractivity contribution is 5.69. The third-order valence-electron chi connectivity index (χ3n) is 3.30. The van der Waals surface area contributed by atoms with E-state index < -0.39 is 29.1 Å². The van der Waals surface area contributed by atoms with Gasteiger partial charge in [-0.15, -0.1) is 0 Å². The smallest absolute Gasteiger partial charge is 0.410 e. The number of β-amino-alcohol motifs (C(OH)–C–C–N with tert-alkyl or cyclic N) is 1. The molecule has 0 bridgehead atoms. The summed E-state index contributed by atoms with van der Waals surface area (Å²) in [5, 5.41) is 9.64. The van der Waals surface area contributed by atoms with Crippen LogP contribution in [0.1, 0.15) is 27.2 Å². The van der Waals surface area contributed by atoms with Crippen LogP contribution in [0.4, 0.5) is 13.6 Å². The van der Waals surface area contributed by atoms with Crippen LogP contribution in [0.5, 0.6) is 0 Å². The molecule has 1 aliphatic carbocycles. The zero-order chi connectivity index (χ0) is 13.1. The molecular weight excluding hydrogens is 232 g/mol. The Labute approximate surface area is 98.5 Å². The van der Waals surface area contributed by atoms with Crippen molar-refractivity contribution in [3.8, 4) is 0 Å². The molecule has 2 atom stereocenters. The van der Waals surface area contributed by atoms with E-state index in [2.05, 4.69) is 0 Å². The molecule has 0 aromatic heterocycles. The molecule has 2 rings (SSSR count). The van der Waals surface area contributed by atoms with Gasteiger partial charge in [-0.05, 0) is 20.8 Å². The van der Waals surface area contributed by atoms with Crippen LogP contribution in [0.15, 0.2) is 0 Å². The summed E-state index contributed by atoms with van der Waals surface area (Å²) in [6.45, 7) is 4.91. The van der Waals surface area contributed by atoms with Gasteiger partial charge in [-0.25, -0.2) is 13.6 Å². The van der Waals surface area contributed by atoms with Gasteiger partial charge in [0.2, 0.25) is 0 Å². The highest BCUT2D eigenvalue weighted by atomic mass is 19.3. The van der Waals surface area contributed by atoms with Crippen LogP contribution in [-0.2, 0) is 4.74 Å². The first-order chi connectivity index (χ1) is 7.57. The average Bonchev–Trinajstić information content (AvgIpc) is 2.45. The minimum absolute atomic E-state index is 0.0789.